The molecule has 2 aromatic carbocycles. The highest BCUT2D eigenvalue weighted by Gasteiger charge is 2.33. The van der Waals surface area contributed by atoms with Gasteiger partial charge in [0.05, 0.1) is 12.0 Å². The summed E-state index contributed by atoms with van der Waals surface area (Å²) in [5, 5.41) is 11.0. The highest BCUT2D eigenvalue weighted by Crippen LogP contribution is 2.33. The maximum Gasteiger partial charge on any atom is 0.285 e. The third kappa shape index (κ3) is 4.02. The first kappa shape index (κ1) is 19.9. The van der Waals surface area contributed by atoms with Crippen LogP contribution in [0.25, 0.3) is 6.08 Å². The maximum atomic E-state index is 12.7. The molecule has 1 saturated heterocycles. The number of phenols is 1. The summed E-state index contributed by atoms with van der Waals surface area (Å²) < 4.78 is 5.35. The number of nitrogens with zero attached hydrogens (tertiary/aromatic N) is 1. The fourth-order valence-corrected chi connectivity index (χ4v) is 3.90. The second-order valence-corrected chi connectivity index (χ2v) is 7.87. The summed E-state index contributed by atoms with van der Waals surface area (Å²) in [6.45, 7) is 3.58. The summed E-state index contributed by atoms with van der Waals surface area (Å²) in [6.07, 6.45) is 1.69. The van der Waals surface area contributed by atoms with Gasteiger partial charge in [0, 0.05) is 5.56 Å². The standard InChI is InChI=1S/C20H18N2O4S2/c1-11-7-13(8-12(2)17(11)23)9-16-19(25)22(20(27)28-16)21-18(24)14-5-4-6-15(10-14)26-3/h4-10,23H,1-3H3,(H,21,24)/b16-9+. The number of phenolic OH excluding ortho intramolecular Hbond substituents is 1. The van der Waals surface area contributed by atoms with E-state index < -0.39 is 11.8 Å². The third-order valence-corrected chi connectivity index (χ3v) is 5.45. The van der Waals surface area contributed by atoms with Gasteiger partial charge in [-0.2, -0.15) is 5.01 Å². The Kier molecular flexibility index (Phi) is 5.71. The van der Waals surface area contributed by atoms with E-state index in [-0.39, 0.29) is 10.1 Å². The molecule has 0 spiro atoms. The number of hydrogen-bond donors (Lipinski definition) is 2. The zero-order chi connectivity index (χ0) is 20.4. The lowest BCUT2D eigenvalue weighted by Gasteiger charge is -2.15. The van der Waals surface area contributed by atoms with Crippen LogP contribution in [0, 0.1) is 13.8 Å². The molecule has 28 heavy (non-hydrogen) atoms. The first-order valence-corrected chi connectivity index (χ1v) is 9.56. The van der Waals surface area contributed by atoms with Crippen LogP contribution in [0.5, 0.6) is 11.5 Å². The number of nitrogens with one attached hydrogen (secondary N) is 1. The summed E-state index contributed by atoms with van der Waals surface area (Å²) in [6, 6.07) is 10.2. The summed E-state index contributed by atoms with van der Waals surface area (Å²) in [5.41, 5.74) is 5.09. The Hall–Kier alpha value is -2.84. The summed E-state index contributed by atoms with van der Waals surface area (Å²) in [5.74, 6) is -0.103. The molecular formula is C20H18N2O4S2. The fraction of sp³-hybridized carbons (Fsp3) is 0.150. The maximum absolute atomic E-state index is 12.7. The highest BCUT2D eigenvalue weighted by atomic mass is 32.2. The molecule has 0 aliphatic carbocycles. The van der Waals surface area contributed by atoms with Crippen molar-refractivity contribution in [1.82, 2.24) is 10.4 Å². The van der Waals surface area contributed by atoms with Gasteiger partial charge in [-0.1, -0.05) is 17.8 Å². The van der Waals surface area contributed by atoms with Crippen molar-refractivity contribution >= 4 is 46.2 Å². The zero-order valence-electron chi connectivity index (χ0n) is 15.5. The Balaban J connectivity index is 1.81. The van der Waals surface area contributed by atoms with Gasteiger partial charge in [-0.15, -0.1) is 0 Å². The van der Waals surface area contributed by atoms with E-state index in [1.165, 1.54) is 7.11 Å². The average Bonchev–Trinajstić information content (AvgIpc) is 2.93. The first-order valence-electron chi connectivity index (χ1n) is 8.33. The minimum atomic E-state index is -0.465. The number of hydrogen-bond acceptors (Lipinski definition) is 6. The fourth-order valence-electron chi connectivity index (χ4n) is 2.72. The molecule has 0 radical (unpaired) electrons. The first-order chi connectivity index (χ1) is 13.3. The van der Waals surface area contributed by atoms with Crippen LogP contribution in [0.4, 0.5) is 0 Å². The molecule has 2 amide bonds. The lowest BCUT2D eigenvalue weighted by Crippen LogP contribution is -2.44. The number of aryl methyl sites for hydroxylation is 2. The molecule has 0 aromatic heterocycles. The monoisotopic (exact) mass is 414 g/mol. The van der Waals surface area contributed by atoms with Crippen molar-refractivity contribution in [2.24, 2.45) is 0 Å². The van der Waals surface area contributed by atoms with Crippen molar-refractivity contribution in [3.8, 4) is 11.5 Å². The third-order valence-electron chi connectivity index (χ3n) is 4.15. The van der Waals surface area contributed by atoms with Gasteiger partial charge in [-0.05, 0) is 79.2 Å². The van der Waals surface area contributed by atoms with E-state index in [0.717, 1.165) is 22.3 Å². The van der Waals surface area contributed by atoms with Gasteiger partial charge in [-0.25, -0.2) is 0 Å². The molecule has 1 heterocycles. The number of carbonyl (C=O) groups excluding carboxylic acids is 2. The molecule has 0 bridgehead atoms. The van der Waals surface area contributed by atoms with Crippen molar-refractivity contribution in [1.29, 1.82) is 0 Å². The van der Waals surface area contributed by atoms with E-state index in [2.05, 4.69) is 5.43 Å². The minimum absolute atomic E-state index is 0.232. The van der Waals surface area contributed by atoms with E-state index in [4.69, 9.17) is 17.0 Å². The Morgan fingerprint density at radius 2 is 1.93 bits per heavy atom. The van der Waals surface area contributed by atoms with Crippen LogP contribution in [0.1, 0.15) is 27.0 Å². The van der Waals surface area contributed by atoms with Gasteiger partial charge in [0.25, 0.3) is 11.8 Å². The molecule has 1 aliphatic heterocycles. The van der Waals surface area contributed by atoms with Crippen LogP contribution in [-0.4, -0.2) is 33.4 Å². The molecule has 0 saturated carbocycles. The van der Waals surface area contributed by atoms with Crippen LogP contribution < -0.4 is 10.2 Å². The number of hydrazine groups is 1. The SMILES string of the molecule is COc1cccc(C(=O)NN2C(=O)/C(=C\c3cc(C)c(O)c(C)c3)SC2=S)c1. The molecule has 3 rings (SSSR count). The number of carbonyl (C=O) groups is 2. The van der Waals surface area contributed by atoms with Crippen LogP contribution in [0.3, 0.4) is 0 Å². The van der Waals surface area contributed by atoms with Gasteiger partial charge < -0.3 is 9.84 Å². The lowest BCUT2D eigenvalue weighted by molar-refractivity contribution is -0.123. The molecule has 0 atom stereocenters. The van der Waals surface area contributed by atoms with Crippen molar-refractivity contribution in [3.05, 3.63) is 63.6 Å². The lowest BCUT2D eigenvalue weighted by atomic mass is 10.1. The Labute approximate surface area is 172 Å². The number of methoxy groups -OCH3 is 1. The Morgan fingerprint density at radius 3 is 2.57 bits per heavy atom. The number of rotatable bonds is 4. The van der Waals surface area contributed by atoms with E-state index >= 15 is 0 Å². The largest absolute Gasteiger partial charge is 0.507 e. The number of thioether (sulfide) groups is 1. The number of thiocarbonyl (C=S) groups is 1. The van der Waals surface area contributed by atoms with Crippen LogP contribution in [0.2, 0.25) is 0 Å². The average molecular weight is 415 g/mol. The zero-order valence-corrected chi connectivity index (χ0v) is 17.1. The molecule has 0 unspecified atom stereocenters. The van der Waals surface area contributed by atoms with Crippen molar-refractivity contribution in [3.63, 3.8) is 0 Å². The minimum Gasteiger partial charge on any atom is -0.507 e. The summed E-state index contributed by atoms with van der Waals surface area (Å²) >= 11 is 6.35. The molecule has 6 nitrogen and oxygen atoms in total. The molecule has 2 aromatic rings. The second-order valence-electron chi connectivity index (χ2n) is 6.19. The smallest absolute Gasteiger partial charge is 0.285 e. The predicted molar refractivity (Wildman–Crippen MR) is 113 cm³/mol. The van der Waals surface area contributed by atoms with Gasteiger partial charge in [0.15, 0.2) is 4.32 Å². The van der Waals surface area contributed by atoms with Crippen molar-refractivity contribution in [2.45, 2.75) is 13.8 Å². The molecule has 8 heteroatoms. The van der Waals surface area contributed by atoms with E-state index in [0.29, 0.717) is 27.3 Å². The van der Waals surface area contributed by atoms with E-state index in [1.807, 2.05) is 0 Å². The molecule has 1 fully saturated rings. The predicted octanol–water partition coefficient (Wildman–Crippen LogP) is 3.56. The van der Waals surface area contributed by atoms with E-state index in [9.17, 15) is 14.7 Å². The molecule has 2 N–H and O–H groups in total. The number of ether oxygens (including phenoxy) is 1. The normalized spacial score (nSPS) is 15.2. The molecule has 1 aliphatic rings. The second kappa shape index (κ2) is 8.04. The molecular weight excluding hydrogens is 396 g/mol. The topological polar surface area (TPSA) is 78.9 Å². The summed E-state index contributed by atoms with van der Waals surface area (Å²) in [7, 11) is 1.51. The van der Waals surface area contributed by atoms with Crippen LogP contribution in [0.15, 0.2) is 41.3 Å². The summed E-state index contributed by atoms with van der Waals surface area (Å²) in [4.78, 5) is 25.6. The Morgan fingerprint density at radius 1 is 1.25 bits per heavy atom. The van der Waals surface area contributed by atoms with Gasteiger partial charge in [-0.3, -0.25) is 15.0 Å². The number of benzene rings is 2. The van der Waals surface area contributed by atoms with E-state index in [1.54, 1.807) is 56.3 Å². The van der Waals surface area contributed by atoms with Gasteiger partial charge >= 0.3 is 0 Å². The number of amides is 2. The highest BCUT2D eigenvalue weighted by molar-refractivity contribution is 8.26. The quantitative estimate of drug-likeness (QED) is 0.588. The van der Waals surface area contributed by atoms with Crippen molar-refractivity contribution < 1.29 is 19.4 Å². The molecule has 144 valence electrons. The van der Waals surface area contributed by atoms with Crippen LogP contribution in [-0.2, 0) is 4.79 Å². The van der Waals surface area contributed by atoms with Gasteiger partial charge in [0.1, 0.15) is 11.5 Å². The van der Waals surface area contributed by atoms with Gasteiger partial charge in [0.2, 0.25) is 0 Å². The Bertz CT molecular complexity index is 994. The van der Waals surface area contributed by atoms with Crippen molar-refractivity contribution in [2.75, 3.05) is 7.11 Å². The van der Waals surface area contributed by atoms with Crippen LogP contribution >= 0.6 is 24.0 Å². The number of aromatic hydroxyl groups is 1.